The zero-order valence-electron chi connectivity index (χ0n) is 8.51. The second-order valence-electron chi connectivity index (χ2n) is 3.65. The lowest BCUT2D eigenvalue weighted by atomic mass is 10.1. The van der Waals surface area contributed by atoms with Crippen LogP contribution in [0.15, 0.2) is 11.6 Å². The molecule has 1 rings (SSSR count). The third kappa shape index (κ3) is 3.21. The third-order valence-electron chi connectivity index (χ3n) is 2.28. The van der Waals surface area contributed by atoms with Crippen molar-refractivity contribution in [3.63, 3.8) is 0 Å². The average Bonchev–Trinajstić information content (AvgIpc) is 2.39. The zero-order valence-corrected chi connectivity index (χ0v) is 8.51. The molecule has 0 aromatic heterocycles. The molecule has 1 heterocycles. The van der Waals surface area contributed by atoms with Gasteiger partial charge in [0.05, 0.1) is 0 Å². The summed E-state index contributed by atoms with van der Waals surface area (Å²) in [7, 11) is 0. The minimum absolute atomic E-state index is 0.0879. The van der Waals surface area contributed by atoms with E-state index in [2.05, 4.69) is 6.92 Å². The molecule has 0 saturated carbocycles. The van der Waals surface area contributed by atoms with E-state index >= 15 is 0 Å². The molecule has 0 aliphatic carbocycles. The van der Waals surface area contributed by atoms with Crippen molar-refractivity contribution < 1.29 is 9.53 Å². The number of ether oxygens (including phenoxy) is 1. The molecule has 0 aromatic carbocycles. The van der Waals surface area contributed by atoms with E-state index in [1.807, 2.05) is 13.0 Å². The van der Waals surface area contributed by atoms with Gasteiger partial charge in [0, 0.05) is 12.0 Å². The molecule has 2 heteroatoms. The van der Waals surface area contributed by atoms with Crippen molar-refractivity contribution in [3.8, 4) is 0 Å². The van der Waals surface area contributed by atoms with E-state index in [0.29, 0.717) is 0 Å². The van der Waals surface area contributed by atoms with E-state index in [1.54, 1.807) is 0 Å². The highest BCUT2D eigenvalue weighted by molar-refractivity contribution is 5.90. The molecule has 1 atom stereocenters. The monoisotopic (exact) mass is 182 g/mol. The first-order chi connectivity index (χ1) is 6.24. The molecule has 0 spiro atoms. The number of unbranched alkanes of at least 4 members (excludes halogenated alkanes) is 3. The summed E-state index contributed by atoms with van der Waals surface area (Å²) >= 11 is 0. The van der Waals surface area contributed by atoms with Gasteiger partial charge in [-0.1, -0.05) is 25.8 Å². The van der Waals surface area contributed by atoms with Crippen LogP contribution in [0.1, 0.15) is 46.0 Å². The van der Waals surface area contributed by atoms with Crippen LogP contribution in [0.2, 0.25) is 0 Å². The quantitative estimate of drug-likeness (QED) is 0.379. The maximum atomic E-state index is 11.2. The van der Waals surface area contributed by atoms with E-state index in [0.717, 1.165) is 18.4 Å². The topological polar surface area (TPSA) is 26.3 Å². The molecular weight excluding hydrogens is 164 g/mol. The lowest BCUT2D eigenvalue weighted by Gasteiger charge is -1.94. The lowest BCUT2D eigenvalue weighted by Crippen LogP contribution is -1.99. The Morgan fingerprint density at radius 1 is 1.54 bits per heavy atom. The largest absolute Gasteiger partial charge is 0.459 e. The van der Waals surface area contributed by atoms with Crippen molar-refractivity contribution in [3.05, 3.63) is 11.6 Å². The number of esters is 1. The van der Waals surface area contributed by atoms with Gasteiger partial charge >= 0.3 is 5.97 Å². The number of rotatable bonds is 4. The molecule has 2 nitrogen and oxygen atoms in total. The molecule has 0 N–H and O–H groups in total. The van der Waals surface area contributed by atoms with E-state index in [1.165, 1.54) is 19.3 Å². The Balaban J connectivity index is 2.30. The van der Waals surface area contributed by atoms with Crippen molar-refractivity contribution in [1.29, 1.82) is 0 Å². The van der Waals surface area contributed by atoms with Gasteiger partial charge in [-0.25, -0.2) is 4.79 Å². The van der Waals surface area contributed by atoms with Crippen molar-refractivity contribution in [2.24, 2.45) is 0 Å². The lowest BCUT2D eigenvalue weighted by molar-refractivity contribution is -0.138. The predicted molar refractivity (Wildman–Crippen MR) is 52.4 cm³/mol. The highest BCUT2D eigenvalue weighted by atomic mass is 16.5. The van der Waals surface area contributed by atoms with Crippen molar-refractivity contribution in [2.75, 3.05) is 0 Å². The Kier molecular flexibility index (Phi) is 4.00. The molecule has 0 bridgehead atoms. The van der Waals surface area contributed by atoms with Crippen LogP contribution in [-0.2, 0) is 9.53 Å². The van der Waals surface area contributed by atoms with Crippen LogP contribution in [0.25, 0.3) is 0 Å². The van der Waals surface area contributed by atoms with Gasteiger partial charge in [0.1, 0.15) is 6.10 Å². The zero-order chi connectivity index (χ0) is 9.68. The predicted octanol–water partition coefficient (Wildman–Crippen LogP) is 2.83. The van der Waals surface area contributed by atoms with Crippen molar-refractivity contribution in [1.82, 2.24) is 0 Å². The van der Waals surface area contributed by atoms with Gasteiger partial charge in [-0.3, -0.25) is 0 Å². The molecule has 1 unspecified atom stereocenters. The minimum Gasteiger partial charge on any atom is -0.459 e. The van der Waals surface area contributed by atoms with E-state index in [9.17, 15) is 4.79 Å². The molecule has 0 aromatic rings. The van der Waals surface area contributed by atoms with Gasteiger partial charge in [0.25, 0.3) is 0 Å². The number of hydrogen-bond acceptors (Lipinski definition) is 2. The van der Waals surface area contributed by atoms with E-state index in [4.69, 9.17) is 4.74 Å². The highest BCUT2D eigenvalue weighted by Crippen LogP contribution is 2.20. The SMILES string of the molecule is CCCCC/C=C1\CC(C)OC1=O. The Labute approximate surface area is 80.0 Å². The van der Waals surface area contributed by atoms with Gasteiger partial charge in [-0.2, -0.15) is 0 Å². The first kappa shape index (κ1) is 10.3. The van der Waals surface area contributed by atoms with Crippen LogP contribution in [0, 0.1) is 0 Å². The van der Waals surface area contributed by atoms with Crippen LogP contribution in [0.4, 0.5) is 0 Å². The van der Waals surface area contributed by atoms with Gasteiger partial charge < -0.3 is 4.74 Å². The maximum absolute atomic E-state index is 11.2. The maximum Gasteiger partial charge on any atom is 0.334 e. The fraction of sp³-hybridized carbons (Fsp3) is 0.727. The molecular formula is C11H18O2. The Morgan fingerprint density at radius 3 is 2.85 bits per heavy atom. The summed E-state index contributed by atoms with van der Waals surface area (Å²) in [6, 6.07) is 0. The first-order valence-corrected chi connectivity index (χ1v) is 5.14. The summed E-state index contributed by atoms with van der Waals surface area (Å²) in [4.78, 5) is 11.2. The van der Waals surface area contributed by atoms with Gasteiger partial charge in [-0.15, -0.1) is 0 Å². The molecule has 13 heavy (non-hydrogen) atoms. The second kappa shape index (κ2) is 5.05. The summed E-state index contributed by atoms with van der Waals surface area (Å²) in [6.45, 7) is 4.11. The van der Waals surface area contributed by atoms with Crippen LogP contribution < -0.4 is 0 Å². The van der Waals surface area contributed by atoms with Gasteiger partial charge in [0.2, 0.25) is 0 Å². The Hall–Kier alpha value is -0.790. The van der Waals surface area contributed by atoms with Crippen LogP contribution in [0.3, 0.4) is 0 Å². The van der Waals surface area contributed by atoms with E-state index < -0.39 is 0 Å². The number of carbonyl (C=O) groups is 1. The Bertz CT molecular complexity index is 206. The number of allylic oxidation sites excluding steroid dienone is 1. The molecule has 74 valence electrons. The van der Waals surface area contributed by atoms with Crippen LogP contribution >= 0.6 is 0 Å². The fourth-order valence-corrected chi connectivity index (χ4v) is 1.53. The van der Waals surface area contributed by atoms with Crippen LogP contribution in [0.5, 0.6) is 0 Å². The van der Waals surface area contributed by atoms with Crippen LogP contribution in [-0.4, -0.2) is 12.1 Å². The van der Waals surface area contributed by atoms with Crippen molar-refractivity contribution >= 4 is 5.97 Å². The minimum atomic E-state index is -0.107. The highest BCUT2D eigenvalue weighted by Gasteiger charge is 2.24. The standard InChI is InChI=1S/C11H18O2/c1-3-4-5-6-7-10-8-9(2)13-11(10)12/h7,9H,3-6,8H2,1-2H3/b10-7+. The first-order valence-electron chi connectivity index (χ1n) is 5.14. The summed E-state index contributed by atoms with van der Waals surface area (Å²) in [5.41, 5.74) is 0.878. The summed E-state index contributed by atoms with van der Waals surface area (Å²) < 4.78 is 5.02. The molecule has 0 amide bonds. The van der Waals surface area contributed by atoms with E-state index in [-0.39, 0.29) is 12.1 Å². The molecule has 1 aliphatic rings. The van der Waals surface area contributed by atoms with Crippen molar-refractivity contribution in [2.45, 2.75) is 52.1 Å². The Morgan fingerprint density at radius 2 is 2.31 bits per heavy atom. The molecule has 1 saturated heterocycles. The second-order valence-corrected chi connectivity index (χ2v) is 3.65. The summed E-state index contributed by atoms with van der Waals surface area (Å²) in [5, 5.41) is 0. The summed E-state index contributed by atoms with van der Waals surface area (Å²) in [6.07, 6.45) is 7.60. The van der Waals surface area contributed by atoms with Gasteiger partial charge in [0.15, 0.2) is 0 Å². The molecule has 1 fully saturated rings. The average molecular weight is 182 g/mol. The normalized spacial score (nSPS) is 25.2. The van der Waals surface area contributed by atoms with Gasteiger partial charge in [-0.05, 0) is 19.8 Å². The smallest absolute Gasteiger partial charge is 0.334 e. The number of cyclic esters (lactones) is 1. The summed E-state index contributed by atoms with van der Waals surface area (Å²) in [5.74, 6) is -0.107. The number of hydrogen-bond donors (Lipinski definition) is 0. The fourth-order valence-electron chi connectivity index (χ4n) is 1.53. The number of carbonyl (C=O) groups excluding carboxylic acids is 1. The molecule has 0 radical (unpaired) electrons. The third-order valence-corrected chi connectivity index (χ3v) is 2.28. The molecule has 1 aliphatic heterocycles.